The van der Waals surface area contributed by atoms with E-state index in [0.717, 1.165) is 9.80 Å². The second kappa shape index (κ2) is 4.41. The van der Waals surface area contributed by atoms with Crippen LogP contribution in [0.15, 0.2) is 0 Å². The summed E-state index contributed by atoms with van der Waals surface area (Å²) in [7, 11) is 0. The van der Waals surface area contributed by atoms with Gasteiger partial charge in [0.1, 0.15) is 0 Å². The third kappa shape index (κ3) is 2.04. The van der Waals surface area contributed by atoms with Crippen molar-refractivity contribution < 1.29 is 14.4 Å². The lowest BCUT2D eigenvalue weighted by atomic mass is 10.2. The van der Waals surface area contributed by atoms with E-state index in [-0.39, 0.29) is 18.9 Å². The van der Waals surface area contributed by atoms with Gasteiger partial charge >= 0.3 is 11.4 Å². The van der Waals surface area contributed by atoms with Gasteiger partial charge in [0, 0.05) is 19.5 Å². The molecule has 1 aliphatic heterocycles. The van der Waals surface area contributed by atoms with E-state index in [1.807, 2.05) is 6.92 Å². The molecule has 0 N–H and O–H groups in total. The van der Waals surface area contributed by atoms with Crippen molar-refractivity contribution in [3.63, 3.8) is 0 Å². The van der Waals surface area contributed by atoms with E-state index in [9.17, 15) is 14.4 Å². The second-order valence-corrected chi connectivity index (χ2v) is 3.31. The van der Waals surface area contributed by atoms with Crippen LogP contribution in [-0.4, -0.2) is 40.2 Å². The molecule has 78 valence electrons. The number of carbonyl (C=O) groups is 3. The lowest BCUT2D eigenvalue weighted by molar-refractivity contribution is -0.130. The van der Waals surface area contributed by atoms with Gasteiger partial charge in [0.05, 0.1) is 0 Å². The molecule has 1 saturated heterocycles. The Labute approximate surface area is 86.6 Å². The highest BCUT2D eigenvalue weighted by molar-refractivity contribution is 6.64. The molecule has 0 unspecified atom stereocenters. The summed E-state index contributed by atoms with van der Waals surface area (Å²) in [5.41, 5.74) is 0. The fraction of sp³-hybridized carbons (Fsp3) is 0.625. The van der Waals surface area contributed by atoms with Crippen molar-refractivity contribution in [2.24, 2.45) is 0 Å². The van der Waals surface area contributed by atoms with Crippen molar-refractivity contribution in [1.82, 2.24) is 9.80 Å². The summed E-state index contributed by atoms with van der Waals surface area (Å²) < 4.78 is 0. The van der Waals surface area contributed by atoms with Crippen LogP contribution in [0.5, 0.6) is 0 Å². The Hall–Kier alpha value is -1.10. The number of halogens is 1. The van der Waals surface area contributed by atoms with Gasteiger partial charge in [0.15, 0.2) is 0 Å². The number of nitrogens with zero attached hydrogens (tertiary/aromatic N) is 2. The number of imide groups is 2. The number of urea groups is 1. The number of carbonyl (C=O) groups excluding carboxylic acids is 3. The first-order valence-electron chi connectivity index (χ1n) is 4.39. The molecule has 1 aliphatic rings. The van der Waals surface area contributed by atoms with Gasteiger partial charge in [-0.2, -0.15) is 0 Å². The summed E-state index contributed by atoms with van der Waals surface area (Å²) in [6.07, 6.45) is 0.825. The topological polar surface area (TPSA) is 57.7 Å². The minimum absolute atomic E-state index is 0.0835. The number of hydrogen-bond donors (Lipinski definition) is 0. The van der Waals surface area contributed by atoms with Crippen LogP contribution < -0.4 is 0 Å². The van der Waals surface area contributed by atoms with E-state index in [2.05, 4.69) is 0 Å². The molecule has 14 heavy (non-hydrogen) atoms. The van der Waals surface area contributed by atoms with Crippen molar-refractivity contribution in [2.75, 3.05) is 13.1 Å². The van der Waals surface area contributed by atoms with Crippen LogP contribution >= 0.6 is 11.6 Å². The Morgan fingerprint density at radius 1 is 1.50 bits per heavy atom. The summed E-state index contributed by atoms with van der Waals surface area (Å²) in [4.78, 5) is 35.5. The molecular weight excluding hydrogens is 208 g/mol. The zero-order valence-electron chi connectivity index (χ0n) is 7.83. The van der Waals surface area contributed by atoms with Gasteiger partial charge in [-0.3, -0.25) is 14.5 Å². The first-order chi connectivity index (χ1) is 6.57. The Morgan fingerprint density at radius 3 is 2.64 bits per heavy atom. The number of hydrogen-bond acceptors (Lipinski definition) is 3. The monoisotopic (exact) mass is 218 g/mol. The summed E-state index contributed by atoms with van der Waals surface area (Å²) in [5.74, 6) is -0.244. The molecule has 0 radical (unpaired) electrons. The van der Waals surface area contributed by atoms with Gasteiger partial charge in [0.2, 0.25) is 5.91 Å². The van der Waals surface area contributed by atoms with E-state index >= 15 is 0 Å². The molecule has 4 amide bonds. The van der Waals surface area contributed by atoms with E-state index in [0.29, 0.717) is 13.0 Å². The smallest absolute Gasteiger partial charge is 0.274 e. The molecule has 0 aromatic heterocycles. The highest BCUT2D eigenvalue weighted by atomic mass is 35.5. The van der Waals surface area contributed by atoms with E-state index in [1.54, 1.807) is 0 Å². The van der Waals surface area contributed by atoms with E-state index < -0.39 is 11.4 Å². The molecule has 6 heteroatoms. The molecule has 0 spiro atoms. The standard InChI is InChI=1S/C8H11ClN2O3/c1-2-4-10-6(12)3-5-11(7(9)13)8(10)14/h2-5H2,1H3. The lowest BCUT2D eigenvalue weighted by Crippen LogP contribution is -2.53. The van der Waals surface area contributed by atoms with Crippen molar-refractivity contribution in [3.05, 3.63) is 0 Å². The molecule has 0 aromatic carbocycles. The van der Waals surface area contributed by atoms with Crippen molar-refractivity contribution >= 4 is 28.9 Å². The predicted octanol–water partition coefficient (Wildman–Crippen LogP) is 1.41. The summed E-state index contributed by atoms with van der Waals surface area (Å²) >= 11 is 5.19. The van der Waals surface area contributed by atoms with Crippen LogP contribution in [0.2, 0.25) is 0 Å². The van der Waals surface area contributed by atoms with Crippen LogP contribution in [0, 0.1) is 0 Å². The Kier molecular flexibility index (Phi) is 3.46. The van der Waals surface area contributed by atoms with Crippen molar-refractivity contribution in [3.8, 4) is 0 Å². The van der Waals surface area contributed by atoms with Crippen molar-refractivity contribution in [2.45, 2.75) is 19.8 Å². The average molecular weight is 219 g/mol. The van der Waals surface area contributed by atoms with E-state index in [4.69, 9.17) is 11.6 Å². The van der Waals surface area contributed by atoms with Gasteiger partial charge < -0.3 is 0 Å². The molecule has 0 saturated carbocycles. The van der Waals surface area contributed by atoms with Gasteiger partial charge in [-0.25, -0.2) is 9.69 Å². The lowest BCUT2D eigenvalue weighted by Gasteiger charge is -2.31. The van der Waals surface area contributed by atoms with Crippen LogP contribution in [0.1, 0.15) is 19.8 Å². The molecule has 1 rings (SSSR count). The predicted molar refractivity (Wildman–Crippen MR) is 50.0 cm³/mol. The third-order valence-corrected chi connectivity index (χ3v) is 2.18. The van der Waals surface area contributed by atoms with Crippen LogP contribution in [0.4, 0.5) is 9.59 Å². The summed E-state index contributed by atoms with van der Waals surface area (Å²) in [6, 6.07) is -0.608. The molecule has 5 nitrogen and oxygen atoms in total. The van der Waals surface area contributed by atoms with Crippen LogP contribution in [0.25, 0.3) is 0 Å². The SMILES string of the molecule is CCCN1C(=O)CCN(C(=O)Cl)C1=O. The highest BCUT2D eigenvalue weighted by Gasteiger charge is 2.34. The largest absolute Gasteiger partial charge is 0.334 e. The molecule has 0 aromatic rings. The molecule has 1 fully saturated rings. The zero-order valence-corrected chi connectivity index (χ0v) is 8.58. The molecule has 1 heterocycles. The minimum Gasteiger partial charge on any atom is -0.274 e. The number of rotatable bonds is 2. The quantitative estimate of drug-likeness (QED) is 0.520. The highest BCUT2D eigenvalue weighted by Crippen LogP contribution is 2.13. The van der Waals surface area contributed by atoms with Gasteiger partial charge in [-0.1, -0.05) is 6.92 Å². The third-order valence-electron chi connectivity index (χ3n) is 1.97. The molecule has 0 atom stereocenters. The Bertz CT molecular complexity index is 280. The summed E-state index contributed by atoms with van der Waals surface area (Å²) in [6.45, 7) is 2.26. The van der Waals surface area contributed by atoms with Gasteiger partial charge in [-0.15, -0.1) is 0 Å². The zero-order chi connectivity index (χ0) is 10.7. The van der Waals surface area contributed by atoms with Crippen LogP contribution in [-0.2, 0) is 4.79 Å². The number of amides is 4. The molecule has 0 bridgehead atoms. The fourth-order valence-electron chi connectivity index (χ4n) is 1.30. The van der Waals surface area contributed by atoms with E-state index in [1.165, 1.54) is 0 Å². The maximum atomic E-state index is 11.5. The van der Waals surface area contributed by atoms with Crippen LogP contribution in [0.3, 0.4) is 0 Å². The second-order valence-electron chi connectivity index (χ2n) is 2.98. The maximum Gasteiger partial charge on any atom is 0.334 e. The van der Waals surface area contributed by atoms with Gasteiger partial charge in [0.25, 0.3) is 0 Å². The maximum absolute atomic E-state index is 11.5. The minimum atomic E-state index is -0.830. The summed E-state index contributed by atoms with van der Waals surface area (Å²) in [5, 5.41) is -0.830. The van der Waals surface area contributed by atoms with Gasteiger partial charge in [-0.05, 0) is 18.0 Å². The normalized spacial score (nSPS) is 17.6. The average Bonchev–Trinajstić information content (AvgIpc) is 2.11. The Morgan fingerprint density at radius 2 is 2.14 bits per heavy atom. The first-order valence-corrected chi connectivity index (χ1v) is 4.77. The molecule has 0 aliphatic carbocycles. The van der Waals surface area contributed by atoms with Crippen molar-refractivity contribution in [1.29, 1.82) is 0 Å². The first kappa shape index (κ1) is 11.0. The Balaban J connectivity index is 2.77. The fourth-order valence-corrected chi connectivity index (χ4v) is 1.45. The molecular formula is C8H11ClN2O3.